The van der Waals surface area contributed by atoms with Gasteiger partial charge in [-0.15, -0.1) is 0 Å². The third-order valence-corrected chi connectivity index (χ3v) is 6.03. The van der Waals surface area contributed by atoms with Crippen LogP contribution in [0.1, 0.15) is 34.3 Å². The molecular weight excluding hydrogens is 346 g/mol. The van der Waals surface area contributed by atoms with Gasteiger partial charge in [0, 0.05) is 18.2 Å². The van der Waals surface area contributed by atoms with Crippen LogP contribution in [0.3, 0.4) is 0 Å². The van der Waals surface area contributed by atoms with Crippen molar-refractivity contribution in [2.75, 3.05) is 34.2 Å². The Morgan fingerprint density at radius 2 is 1.93 bits per heavy atom. The summed E-state index contributed by atoms with van der Waals surface area (Å²) in [6, 6.07) is 8.36. The lowest BCUT2D eigenvalue weighted by atomic mass is 9.80. The number of fused-ring (bicyclic) bond motifs is 5. The SMILES string of the molecule is COc1ccc2c(c1OC)[C@@H](CO)N1CCc3cc4c(cc3[C@@H]1C2)OCO4. The molecule has 3 aliphatic heterocycles. The maximum atomic E-state index is 10.3. The minimum absolute atomic E-state index is 0.0346. The molecule has 0 spiro atoms. The molecule has 0 aliphatic carbocycles. The summed E-state index contributed by atoms with van der Waals surface area (Å²) in [5.41, 5.74) is 4.81. The maximum Gasteiger partial charge on any atom is 0.231 e. The summed E-state index contributed by atoms with van der Waals surface area (Å²) >= 11 is 0. The Bertz CT molecular complexity index is 897. The second kappa shape index (κ2) is 6.32. The van der Waals surface area contributed by atoms with Crippen molar-refractivity contribution in [1.82, 2.24) is 4.90 Å². The van der Waals surface area contributed by atoms with Gasteiger partial charge in [0.2, 0.25) is 6.79 Å². The number of rotatable bonds is 3. The first kappa shape index (κ1) is 16.7. The molecule has 0 saturated carbocycles. The smallest absolute Gasteiger partial charge is 0.231 e. The molecule has 0 amide bonds. The van der Waals surface area contributed by atoms with Crippen molar-refractivity contribution in [3.8, 4) is 23.0 Å². The van der Waals surface area contributed by atoms with Gasteiger partial charge in [-0.05, 0) is 47.7 Å². The standard InChI is InChI=1S/C21H23NO5/c1-24-17-4-3-13-7-15-14-9-19-18(26-11-27-19)8-12(14)5-6-22(15)16(10-23)20(13)21(17)25-2/h3-4,8-9,15-16,23H,5-7,10-11H2,1-2H3/t15-,16+/m0/s1. The molecule has 2 aromatic rings. The summed E-state index contributed by atoms with van der Waals surface area (Å²) in [6.45, 7) is 1.20. The summed E-state index contributed by atoms with van der Waals surface area (Å²) in [5.74, 6) is 3.08. The topological polar surface area (TPSA) is 60.4 Å². The number of hydrogen-bond donors (Lipinski definition) is 1. The number of ether oxygens (including phenoxy) is 4. The van der Waals surface area contributed by atoms with Gasteiger partial charge in [0.25, 0.3) is 0 Å². The van der Waals surface area contributed by atoms with Gasteiger partial charge in [-0.2, -0.15) is 0 Å². The fourth-order valence-electron chi connectivity index (χ4n) is 4.82. The van der Waals surface area contributed by atoms with Crippen LogP contribution in [-0.2, 0) is 12.8 Å². The van der Waals surface area contributed by atoms with Crippen LogP contribution >= 0.6 is 0 Å². The average Bonchev–Trinajstić information content (AvgIpc) is 3.16. The first-order chi connectivity index (χ1) is 13.2. The van der Waals surface area contributed by atoms with Crippen molar-refractivity contribution in [1.29, 1.82) is 0 Å². The zero-order valence-electron chi connectivity index (χ0n) is 15.5. The molecule has 1 N–H and O–H groups in total. The Balaban J connectivity index is 1.63. The molecule has 0 fully saturated rings. The molecule has 6 heteroatoms. The van der Waals surface area contributed by atoms with Gasteiger partial charge in [0.15, 0.2) is 23.0 Å². The van der Waals surface area contributed by atoms with E-state index in [-0.39, 0.29) is 25.5 Å². The van der Waals surface area contributed by atoms with E-state index in [1.165, 1.54) is 16.7 Å². The van der Waals surface area contributed by atoms with Gasteiger partial charge in [-0.3, -0.25) is 4.90 Å². The lowest BCUT2D eigenvalue weighted by Crippen LogP contribution is -2.44. The molecule has 0 radical (unpaired) electrons. The Kier molecular flexibility index (Phi) is 3.91. The number of nitrogens with zero attached hydrogens (tertiary/aromatic N) is 1. The number of benzene rings is 2. The highest BCUT2D eigenvalue weighted by Gasteiger charge is 2.41. The molecule has 2 atom stereocenters. The normalized spacial score (nSPS) is 22.6. The van der Waals surface area contributed by atoms with Gasteiger partial charge < -0.3 is 24.1 Å². The fraction of sp³-hybridized carbons (Fsp3) is 0.429. The Morgan fingerprint density at radius 1 is 1.11 bits per heavy atom. The second-order valence-electron chi connectivity index (χ2n) is 7.18. The minimum atomic E-state index is -0.123. The molecule has 6 nitrogen and oxygen atoms in total. The van der Waals surface area contributed by atoms with Crippen LogP contribution in [0, 0.1) is 0 Å². The quantitative estimate of drug-likeness (QED) is 0.898. The van der Waals surface area contributed by atoms with E-state index < -0.39 is 0 Å². The van der Waals surface area contributed by atoms with E-state index in [0.29, 0.717) is 5.75 Å². The van der Waals surface area contributed by atoms with E-state index in [1.54, 1.807) is 14.2 Å². The third-order valence-electron chi connectivity index (χ3n) is 6.03. The van der Waals surface area contributed by atoms with Crippen molar-refractivity contribution in [2.45, 2.75) is 24.9 Å². The lowest BCUT2D eigenvalue weighted by molar-refractivity contribution is 0.0608. The van der Waals surface area contributed by atoms with Crippen LogP contribution in [0.5, 0.6) is 23.0 Å². The summed E-state index contributed by atoms with van der Waals surface area (Å²) in [7, 11) is 3.30. The van der Waals surface area contributed by atoms with E-state index in [2.05, 4.69) is 23.1 Å². The Labute approximate surface area is 158 Å². The number of aliphatic hydroxyl groups is 1. The van der Waals surface area contributed by atoms with Crippen molar-refractivity contribution >= 4 is 0 Å². The predicted octanol–water partition coefficient (Wildman–Crippen LogP) is 2.62. The van der Waals surface area contributed by atoms with Crippen LogP contribution in [0.15, 0.2) is 24.3 Å². The molecule has 5 rings (SSSR count). The third kappa shape index (κ3) is 2.40. The van der Waals surface area contributed by atoms with Crippen LogP contribution < -0.4 is 18.9 Å². The molecule has 0 unspecified atom stereocenters. The zero-order chi connectivity index (χ0) is 18.5. The van der Waals surface area contributed by atoms with Gasteiger partial charge in [-0.25, -0.2) is 0 Å². The van der Waals surface area contributed by atoms with Crippen molar-refractivity contribution < 1.29 is 24.1 Å². The van der Waals surface area contributed by atoms with Crippen molar-refractivity contribution in [2.24, 2.45) is 0 Å². The summed E-state index contributed by atoms with van der Waals surface area (Å²) < 4.78 is 22.3. The molecule has 0 saturated heterocycles. The molecule has 2 aromatic carbocycles. The van der Waals surface area contributed by atoms with E-state index >= 15 is 0 Å². The van der Waals surface area contributed by atoms with Gasteiger partial charge in [-0.1, -0.05) is 6.07 Å². The summed E-state index contributed by atoms with van der Waals surface area (Å²) in [5, 5.41) is 10.3. The fourth-order valence-corrected chi connectivity index (χ4v) is 4.82. The number of methoxy groups -OCH3 is 2. The Morgan fingerprint density at radius 3 is 2.67 bits per heavy atom. The first-order valence-corrected chi connectivity index (χ1v) is 9.28. The molecule has 27 heavy (non-hydrogen) atoms. The predicted molar refractivity (Wildman–Crippen MR) is 98.8 cm³/mol. The van der Waals surface area contributed by atoms with E-state index in [4.69, 9.17) is 18.9 Å². The van der Waals surface area contributed by atoms with E-state index in [9.17, 15) is 5.11 Å². The van der Waals surface area contributed by atoms with Crippen LogP contribution in [0.4, 0.5) is 0 Å². The maximum absolute atomic E-state index is 10.3. The minimum Gasteiger partial charge on any atom is -0.493 e. The monoisotopic (exact) mass is 369 g/mol. The summed E-state index contributed by atoms with van der Waals surface area (Å²) in [6.07, 6.45) is 1.78. The molecule has 3 aliphatic rings. The highest BCUT2D eigenvalue weighted by atomic mass is 16.7. The molecule has 3 heterocycles. The zero-order valence-corrected chi connectivity index (χ0v) is 15.5. The largest absolute Gasteiger partial charge is 0.493 e. The molecule has 0 bridgehead atoms. The van der Waals surface area contributed by atoms with Crippen molar-refractivity contribution in [3.05, 3.63) is 46.5 Å². The first-order valence-electron chi connectivity index (χ1n) is 9.28. The summed E-state index contributed by atoms with van der Waals surface area (Å²) in [4.78, 5) is 2.38. The van der Waals surface area contributed by atoms with Crippen LogP contribution in [-0.4, -0.2) is 44.2 Å². The lowest BCUT2D eigenvalue weighted by Gasteiger charge is -2.46. The van der Waals surface area contributed by atoms with Gasteiger partial charge in [0.1, 0.15) is 0 Å². The van der Waals surface area contributed by atoms with Crippen molar-refractivity contribution in [3.63, 3.8) is 0 Å². The number of aliphatic hydroxyl groups excluding tert-OH is 1. The molecule has 142 valence electrons. The highest BCUT2D eigenvalue weighted by Crippen LogP contribution is 2.50. The van der Waals surface area contributed by atoms with Crippen LogP contribution in [0.2, 0.25) is 0 Å². The molecular formula is C21H23NO5. The van der Waals surface area contributed by atoms with Crippen LogP contribution in [0.25, 0.3) is 0 Å². The Hall–Kier alpha value is -2.44. The van der Waals surface area contributed by atoms with E-state index in [1.807, 2.05) is 6.07 Å². The number of hydrogen-bond acceptors (Lipinski definition) is 6. The highest BCUT2D eigenvalue weighted by molar-refractivity contribution is 5.56. The average molecular weight is 369 g/mol. The molecule has 0 aromatic heterocycles. The van der Waals surface area contributed by atoms with Gasteiger partial charge >= 0.3 is 0 Å². The van der Waals surface area contributed by atoms with E-state index in [0.717, 1.165) is 42.2 Å². The van der Waals surface area contributed by atoms with Gasteiger partial charge in [0.05, 0.1) is 26.9 Å². The second-order valence-corrected chi connectivity index (χ2v) is 7.18.